The molecule has 0 radical (unpaired) electrons. The topological polar surface area (TPSA) is 168 Å². The van der Waals surface area contributed by atoms with E-state index in [9.17, 15) is 24.3 Å². The second-order valence-electron chi connectivity index (χ2n) is 19.3. The van der Waals surface area contributed by atoms with Gasteiger partial charge < -0.3 is 29.6 Å². The van der Waals surface area contributed by atoms with Crippen LogP contribution in [0.25, 0.3) is 17.0 Å². The lowest BCUT2D eigenvalue weighted by Crippen LogP contribution is -2.70. The zero-order valence-electron chi connectivity index (χ0n) is 40.5. The molecule has 5 rings (SSSR count). The number of hydrazine groups is 1. The minimum absolute atomic E-state index is 0.210. The van der Waals surface area contributed by atoms with Gasteiger partial charge in [-0.25, -0.2) is 5.43 Å². The zero-order valence-corrected chi connectivity index (χ0v) is 43.8. The third-order valence-corrected chi connectivity index (χ3v) is 17.5. The van der Waals surface area contributed by atoms with Crippen LogP contribution in [0.1, 0.15) is 99.4 Å². The molecule has 4 N–H and O–H groups in total. The number of aliphatic hydroxyl groups excluding tert-OH is 1. The highest BCUT2D eigenvalue weighted by molar-refractivity contribution is 6.99. The number of nitrogens with one attached hydrogen (secondary N) is 3. The van der Waals surface area contributed by atoms with Gasteiger partial charge in [-0.1, -0.05) is 160 Å². The zero-order chi connectivity index (χ0) is 50.2. The van der Waals surface area contributed by atoms with E-state index in [4.69, 9.17) is 53.7 Å². The summed E-state index contributed by atoms with van der Waals surface area (Å²) in [6.45, 7) is 18.3. The molecule has 0 bridgehead atoms. The number of benzene rings is 3. The first kappa shape index (κ1) is 54.6. The maximum atomic E-state index is 15.0. The van der Waals surface area contributed by atoms with E-state index < -0.39 is 95.4 Å². The summed E-state index contributed by atoms with van der Waals surface area (Å²) in [5.74, 6) is -2.67. The fourth-order valence-electron chi connectivity index (χ4n) is 8.29. The van der Waals surface area contributed by atoms with Gasteiger partial charge in [-0.3, -0.25) is 29.2 Å². The van der Waals surface area contributed by atoms with Crippen molar-refractivity contribution in [1.29, 1.82) is 0 Å². The molecular weight excluding hydrogens is 945 g/mol. The van der Waals surface area contributed by atoms with Gasteiger partial charge in [0.25, 0.3) is 14.2 Å². The molecular formula is C51H66Cl3N5O8Si. The van der Waals surface area contributed by atoms with Gasteiger partial charge in [-0.2, -0.15) is 0 Å². The quantitative estimate of drug-likeness (QED) is 0.0336. The lowest BCUT2D eigenvalue weighted by atomic mass is 9.89. The van der Waals surface area contributed by atoms with Crippen LogP contribution in [0.4, 0.5) is 0 Å². The summed E-state index contributed by atoms with van der Waals surface area (Å²) in [6, 6.07) is 26.1. The van der Waals surface area contributed by atoms with Crippen LogP contribution in [0.3, 0.4) is 0 Å². The Kier molecular flexibility index (Phi) is 18.5. The van der Waals surface area contributed by atoms with Crippen LogP contribution in [0.15, 0.2) is 97.1 Å². The third kappa shape index (κ3) is 13.9. The molecule has 2 heterocycles. The Bertz CT molecular complexity index is 2350. The van der Waals surface area contributed by atoms with E-state index in [-0.39, 0.29) is 6.54 Å². The van der Waals surface area contributed by atoms with Gasteiger partial charge in [-0.15, -0.1) is 0 Å². The average Bonchev–Trinajstić information content (AvgIpc) is 3.29. The van der Waals surface area contributed by atoms with E-state index in [0.29, 0.717) is 18.5 Å². The molecule has 0 spiro atoms. The number of aliphatic hydroxyl groups is 1. The Morgan fingerprint density at radius 2 is 1.47 bits per heavy atom. The summed E-state index contributed by atoms with van der Waals surface area (Å²) in [5, 5.41) is 19.4. The van der Waals surface area contributed by atoms with Crippen molar-refractivity contribution in [2.24, 2.45) is 11.3 Å². The van der Waals surface area contributed by atoms with Crippen LogP contribution in [0.2, 0.25) is 5.04 Å². The molecule has 1 unspecified atom stereocenters. The molecule has 1 aliphatic rings. The van der Waals surface area contributed by atoms with Gasteiger partial charge in [0.2, 0.25) is 15.6 Å². The lowest BCUT2D eigenvalue weighted by Gasteiger charge is -2.46. The number of esters is 1. The second-order valence-corrected chi connectivity index (χ2v) is 26.1. The van der Waals surface area contributed by atoms with E-state index in [0.717, 1.165) is 26.8 Å². The molecule has 0 aliphatic carbocycles. The number of alkyl halides is 3. The van der Waals surface area contributed by atoms with E-state index in [2.05, 4.69) is 36.8 Å². The molecule has 368 valence electrons. The molecule has 0 saturated carbocycles. The minimum Gasteiger partial charge on any atom is -0.460 e. The van der Waals surface area contributed by atoms with Crippen molar-refractivity contribution < 1.29 is 38.2 Å². The van der Waals surface area contributed by atoms with E-state index in [1.165, 1.54) is 5.01 Å². The fourth-order valence-corrected chi connectivity index (χ4v) is 13.2. The monoisotopic (exact) mass is 1010 g/mol. The average molecular weight is 1010 g/mol. The van der Waals surface area contributed by atoms with E-state index >= 15 is 0 Å². The molecule has 68 heavy (non-hydrogen) atoms. The number of aromatic nitrogens is 1. The van der Waals surface area contributed by atoms with Gasteiger partial charge in [0.15, 0.2) is 6.29 Å². The molecule has 4 aromatic rings. The Hall–Kier alpha value is -4.38. The van der Waals surface area contributed by atoms with Gasteiger partial charge in [0.1, 0.15) is 24.7 Å². The van der Waals surface area contributed by atoms with Crippen molar-refractivity contribution in [3.63, 3.8) is 0 Å². The summed E-state index contributed by atoms with van der Waals surface area (Å²) < 4.78 is 16.4. The standard InChI is InChI=1S/C51H66Cl3N5O8Si/c1-32(2)43(57-48(64)50(9,10)28-27-36-23-24-37-25-26-40(55-42(37)30-36)33(3)66-35(5)60)45(61)56-44(46(62)59-29-17-22-41(58-59)47(63)65-31-51(52,53)54)34(4)67-68(49(6,7)8,38-18-13-11-14-19-38)39-20-15-12-16-21-39/h11-16,18-21,23-28,30,32-35,41,43-44,58,60H,17,22,29,31H2,1-10H3,(H,56,61)(H,57,64)/b28-27+/t33-,34-,35?,41+,43+,44+/m1/s1. The maximum absolute atomic E-state index is 15.0. The molecule has 1 saturated heterocycles. The van der Waals surface area contributed by atoms with E-state index in [1.807, 2.05) is 118 Å². The van der Waals surface area contributed by atoms with Crippen molar-refractivity contribution in [2.75, 3.05) is 13.2 Å². The van der Waals surface area contributed by atoms with Crippen LogP contribution >= 0.6 is 34.8 Å². The van der Waals surface area contributed by atoms with Crippen LogP contribution in [-0.2, 0) is 33.1 Å². The lowest BCUT2D eigenvalue weighted by molar-refractivity contribution is -0.154. The fraction of sp³-hybridized carbons (Fsp3) is 0.471. The maximum Gasteiger partial charge on any atom is 0.325 e. The van der Waals surface area contributed by atoms with Gasteiger partial charge in [0, 0.05) is 11.9 Å². The van der Waals surface area contributed by atoms with Crippen LogP contribution in [0, 0.1) is 11.3 Å². The second kappa shape index (κ2) is 23.0. The largest absolute Gasteiger partial charge is 0.460 e. The number of nitrogens with zero attached hydrogens (tertiary/aromatic N) is 2. The molecule has 6 atom stereocenters. The number of ether oxygens (including phenoxy) is 2. The summed E-state index contributed by atoms with van der Waals surface area (Å²) >= 11 is 17.6. The summed E-state index contributed by atoms with van der Waals surface area (Å²) in [4.78, 5) is 61.8. The van der Waals surface area contributed by atoms with Crippen LogP contribution < -0.4 is 26.4 Å². The Labute approximate surface area is 416 Å². The number of hydrogen-bond acceptors (Lipinski definition) is 10. The molecule has 1 aliphatic heterocycles. The number of pyridine rings is 1. The molecule has 3 aromatic carbocycles. The Balaban J connectivity index is 1.45. The number of rotatable bonds is 18. The number of fused-ring (bicyclic) bond motifs is 1. The molecule has 17 heteroatoms. The van der Waals surface area contributed by atoms with Gasteiger partial charge in [-0.05, 0) is 86.5 Å². The number of amides is 3. The van der Waals surface area contributed by atoms with Gasteiger partial charge >= 0.3 is 5.97 Å². The number of carbonyl (C=O) groups excluding carboxylic acids is 4. The molecule has 1 fully saturated rings. The molecule has 1 aromatic heterocycles. The molecule has 3 amide bonds. The highest BCUT2D eigenvalue weighted by Crippen LogP contribution is 2.38. The van der Waals surface area contributed by atoms with Crippen molar-refractivity contribution in [3.8, 4) is 0 Å². The third-order valence-electron chi connectivity index (χ3n) is 12.0. The smallest absolute Gasteiger partial charge is 0.325 e. The minimum atomic E-state index is -3.30. The highest BCUT2D eigenvalue weighted by Gasteiger charge is 2.53. The highest BCUT2D eigenvalue weighted by atomic mass is 35.6. The van der Waals surface area contributed by atoms with Crippen molar-refractivity contribution in [1.82, 2.24) is 26.1 Å². The number of hydrogen-bond donors (Lipinski definition) is 4. The van der Waals surface area contributed by atoms with Crippen LogP contribution in [0.5, 0.6) is 0 Å². The first-order valence-corrected chi connectivity index (χ1v) is 26.0. The van der Waals surface area contributed by atoms with Crippen molar-refractivity contribution in [2.45, 2.75) is 128 Å². The van der Waals surface area contributed by atoms with Crippen molar-refractivity contribution >= 4 is 94.2 Å². The predicted octanol–water partition coefficient (Wildman–Crippen LogP) is 7.69. The van der Waals surface area contributed by atoms with E-state index in [1.54, 1.807) is 33.8 Å². The normalized spacial score (nSPS) is 17.3. The van der Waals surface area contributed by atoms with Crippen molar-refractivity contribution in [3.05, 3.63) is 108 Å². The Morgan fingerprint density at radius 3 is 2.03 bits per heavy atom. The SMILES string of the molecule is CC(O)O[C@H](C)c1ccc2ccc(/C=C/C(C)(C)C(=O)N[C@H](C(=O)N[C@H](C(=O)N3CCC[C@@H](C(=O)OCC(Cl)(Cl)Cl)N3)[C@@H](C)O[Si](c3ccccc3)(c3ccccc3)C(C)(C)C)C(C)C)cc2n1. The Morgan fingerprint density at radius 1 is 0.868 bits per heavy atom. The summed E-state index contributed by atoms with van der Waals surface area (Å²) in [7, 11) is -3.30. The summed E-state index contributed by atoms with van der Waals surface area (Å²) in [6.07, 6.45) is 2.06. The van der Waals surface area contributed by atoms with Gasteiger partial charge in [0.05, 0.1) is 28.8 Å². The predicted molar refractivity (Wildman–Crippen MR) is 272 cm³/mol. The first-order valence-electron chi connectivity index (χ1n) is 23.0. The number of halogens is 3. The molecule has 13 nitrogen and oxygen atoms in total. The number of carbonyl (C=O) groups is 4. The first-order chi connectivity index (χ1) is 31.8. The van der Waals surface area contributed by atoms with Crippen LogP contribution in [-0.4, -0.2) is 94.6 Å². The summed E-state index contributed by atoms with van der Waals surface area (Å²) in [5.41, 5.74) is 4.09.